The molecule has 8 heteroatoms. The second-order valence-corrected chi connectivity index (χ2v) is 8.46. The minimum atomic E-state index is -0.598. The van der Waals surface area contributed by atoms with Gasteiger partial charge >= 0.3 is 0 Å². The van der Waals surface area contributed by atoms with E-state index in [9.17, 15) is 15.2 Å². The Balaban J connectivity index is 1.76. The monoisotopic (exact) mass is 564 g/mol. The first-order chi connectivity index (χ1) is 14.9. The number of rotatable bonds is 6. The third-order valence-corrected chi connectivity index (χ3v) is 5.40. The van der Waals surface area contributed by atoms with Gasteiger partial charge in [0, 0.05) is 9.26 Å². The number of nitrogens with one attached hydrogen (secondary N) is 1. The lowest BCUT2D eigenvalue weighted by Crippen LogP contribution is -2.13. The molecule has 0 bridgehead atoms. The van der Waals surface area contributed by atoms with E-state index >= 15 is 0 Å². The standard InChI is InChI=1S/C23H15Cl2IN2O3/c24-20-10-15(9-16(12-27)23(30)28-18-5-7-19(29)8-6-18)11-21(25)22(20)31-13-14-1-3-17(26)4-2-14/h1-11,29H,13H2,(H,28,30)/b16-9+. The van der Waals surface area contributed by atoms with Crippen molar-refractivity contribution in [1.82, 2.24) is 0 Å². The minimum Gasteiger partial charge on any atom is -0.508 e. The molecule has 0 aliphatic rings. The number of hydrogen-bond acceptors (Lipinski definition) is 4. The fourth-order valence-corrected chi connectivity index (χ4v) is 3.57. The highest BCUT2D eigenvalue weighted by Crippen LogP contribution is 2.35. The first-order valence-corrected chi connectivity index (χ1v) is 10.8. The average molecular weight is 565 g/mol. The fourth-order valence-electron chi connectivity index (χ4n) is 2.60. The molecule has 0 unspecified atom stereocenters. The van der Waals surface area contributed by atoms with Crippen LogP contribution in [0.5, 0.6) is 11.5 Å². The molecule has 0 aromatic heterocycles. The Hall–Kier alpha value is -2.73. The van der Waals surface area contributed by atoms with E-state index in [4.69, 9.17) is 27.9 Å². The van der Waals surface area contributed by atoms with Gasteiger partial charge in [0.25, 0.3) is 5.91 Å². The van der Waals surface area contributed by atoms with Crippen molar-refractivity contribution in [1.29, 1.82) is 5.26 Å². The van der Waals surface area contributed by atoms with Gasteiger partial charge in [0.05, 0.1) is 10.0 Å². The maximum absolute atomic E-state index is 12.4. The molecule has 3 aromatic rings. The van der Waals surface area contributed by atoms with Crippen molar-refractivity contribution in [3.05, 3.63) is 91.0 Å². The number of benzene rings is 3. The van der Waals surface area contributed by atoms with Gasteiger partial charge < -0.3 is 15.2 Å². The van der Waals surface area contributed by atoms with Crippen LogP contribution in [0.4, 0.5) is 5.69 Å². The molecular weight excluding hydrogens is 550 g/mol. The van der Waals surface area contributed by atoms with Gasteiger partial charge in [-0.25, -0.2) is 0 Å². The number of anilines is 1. The summed E-state index contributed by atoms with van der Waals surface area (Å²) in [5.74, 6) is -0.201. The summed E-state index contributed by atoms with van der Waals surface area (Å²) in [7, 11) is 0. The molecule has 0 aliphatic heterocycles. The summed E-state index contributed by atoms with van der Waals surface area (Å²) in [5, 5.41) is 21.8. The summed E-state index contributed by atoms with van der Waals surface area (Å²) in [6.45, 7) is 0.296. The molecule has 0 fully saturated rings. The summed E-state index contributed by atoms with van der Waals surface area (Å²) >= 11 is 14.9. The Morgan fingerprint density at radius 3 is 2.29 bits per heavy atom. The molecule has 1 amide bonds. The molecule has 0 saturated heterocycles. The van der Waals surface area contributed by atoms with E-state index in [-0.39, 0.29) is 21.4 Å². The van der Waals surface area contributed by atoms with E-state index in [0.29, 0.717) is 23.6 Å². The van der Waals surface area contributed by atoms with Crippen LogP contribution in [0.1, 0.15) is 11.1 Å². The summed E-state index contributed by atoms with van der Waals surface area (Å²) in [6, 6.07) is 18.8. The second kappa shape index (κ2) is 10.5. The van der Waals surface area contributed by atoms with Crippen LogP contribution in [0.25, 0.3) is 6.08 Å². The zero-order valence-corrected chi connectivity index (χ0v) is 19.6. The first-order valence-electron chi connectivity index (χ1n) is 8.94. The van der Waals surface area contributed by atoms with Crippen LogP contribution in [0, 0.1) is 14.9 Å². The molecule has 2 N–H and O–H groups in total. The quantitative estimate of drug-likeness (QED) is 0.156. The van der Waals surface area contributed by atoms with Crippen molar-refractivity contribution >= 4 is 63.5 Å². The molecule has 0 radical (unpaired) electrons. The number of nitrogens with zero attached hydrogens (tertiary/aromatic N) is 1. The molecule has 3 rings (SSSR count). The van der Waals surface area contributed by atoms with Crippen LogP contribution in [0.15, 0.2) is 66.2 Å². The van der Waals surface area contributed by atoms with Crippen molar-refractivity contribution in [2.45, 2.75) is 6.61 Å². The number of halogens is 3. The Morgan fingerprint density at radius 2 is 1.71 bits per heavy atom. The van der Waals surface area contributed by atoms with Gasteiger partial charge in [-0.1, -0.05) is 35.3 Å². The lowest BCUT2D eigenvalue weighted by molar-refractivity contribution is -0.112. The highest BCUT2D eigenvalue weighted by molar-refractivity contribution is 14.1. The van der Waals surface area contributed by atoms with E-state index in [0.717, 1.165) is 9.13 Å². The molecule has 0 atom stereocenters. The van der Waals surface area contributed by atoms with Crippen LogP contribution >= 0.6 is 45.8 Å². The minimum absolute atomic E-state index is 0.0719. The zero-order chi connectivity index (χ0) is 22.4. The van der Waals surface area contributed by atoms with E-state index < -0.39 is 5.91 Å². The van der Waals surface area contributed by atoms with E-state index in [1.807, 2.05) is 30.3 Å². The third-order valence-electron chi connectivity index (χ3n) is 4.12. The van der Waals surface area contributed by atoms with Gasteiger partial charge in [-0.05, 0) is 88.3 Å². The van der Waals surface area contributed by atoms with Gasteiger partial charge in [0.1, 0.15) is 24.0 Å². The maximum atomic E-state index is 12.4. The Bertz CT molecular complexity index is 1150. The molecule has 0 saturated carbocycles. The third kappa shape index (κ3) is 6.37. The van der Waals surface area contributed by atoms with Crippen molar-refractivity contribution in [3.63, 3.8) is 0 Å². The van der Waals surface area contributed by atoms with Crippen LogP contribution in [-0.4, -0.2) is 11.0 Å². The maximum Gasteiger partial charge on any atom is 0.266 e. The summed E-state index contributed by atoms with van der Waals surface area (Å²) in [4.78, 5) is 12.4. The lowest BCUT2D eigenvalue weighted by atomic mass is 10.1. The number of carbonyl (C=O) groups is 1. The van der Waals surface area contributed by atoms with E-state index in [2.05, 4.69) is 27.9 Å². The molecule has 0 heterocycles. The number of phenolic OH excluding ortho intramolecular Hbond substituents is 1. The Kier molecular flexibility index (Phi) is 7.80. The number of aromatic hydroxyl groups is 1. The molecule has 0 aliphatic carbocycles. The predicted molar refractivity (Wildman–Crippen MR) is 130 cm³/mol. The number of carbonyl (C=O) groups excluding carboxylic acids is 1. The van der Waals surface area contributed by atoms with Crippen molar-refractivity contribution in [2.75, 3.05) is 5.32 Å². The summed E-state index contributed by atoms with van der Waals surface area (Å²) in [6.07, 6.45) is 1.39. The number of ether oxygens (including phenoxy) is 1. The molecule has 156 valence electrons. The largest absolute Gasteiger partial charge is 0.508 e. The lowest BCUT2D eigenvalue weighted by Gasteiger charge is -2.11. The van der Waals surface area contributed by atoms with Crippen LogP contribution in [0.2, 0.25) is 10.0 Å². The second-order valence-electron chi connectivity index (χ2n) is 6.40. The number of hydrogen-bond donors (Lipinski definition) is 2. The number of amides is 1. The SMILES string of the molecule is N#C/C(=C\c1cc(Cl)c(OCc2ccc(I)cc2)c(Cl)c1)C(=O)Nc1ccc(O)cc1. The first kappa shape index (κ1) is 22.9. The van der Waals surface area contributed by atoms with Crippen molar-refractivity contribution in [2.24, 2.45) is 0 Å². The van der Waals surface area contributed by atoms with Gasteiger partial charge in [-0.3, -0.25) is 4.79 Å². The van der Waals surface area contributed by atoms with Crippen LogP contribution in [-0.2, 0) is 11.4 Å². The Labute approximate surface area is 203 Å². The molecule has 3 aromatic carbocycles. The fraction of sp³-hybridized carbons (Fsp3) is 0.0435. The molecular formula is C23H15Cl2IN2O3. The van der Waals surface area contributed by atoms with Crippen molar-refractivity contribution < 1.29 is 14.6 Å². The van der Waals surface area contributed by atoms with Gasteiger partial charge in [-0.15, -0.1) is 0 Å². The molecule has 31 heavy (non-hydrogen) atoms. The van der Waals surface area contributed by atoms with E-state index in [1.54, 1.807) is 12.1 Å². The number of nitriles is 1. The van der Waals surface area contributed by atoms with Crippen LogP contribution < -0.4 is 10.1 Å². The highest BCUT2D eigenvalue weighted by atomic mass is 127. The van der Waals surface area contributed by atoms with Crippen molar-refractivity contribution in [3.8, 4) is 17.6 Å². The number of phenols is 1. The summed E-state index contributed by atoms with van der Waals surface area (Å²) in [5.41, 5.74) is 1.76. The van der Waals surface area contributed by atoms with Gasteiger partial charge in [0.15, 0.2) is 5.75 Å². The smallest absolute Gasteiger partial charge is 0.266 e. The Morgan fingerprint density at radius 1 is 1.10 bits per heavy atom. The summed E-state index contributed by atoms with van der Waals surface area (Å²) < 4.78 is 6.89. The predicted octanol–water partition coefficient (Wildman–Crippen LogP) is 6.43. The molecule has 5 nitrogen and oxygen atoms in total. The van der Waals surface area contributed by atoms with Gasteiger partial charge in [-0.2, -0.15) is 5.26 Å². The average Bonchev–Trinajstić information content (AvgIpc) is 2.74. The zero-order valence-electron chi connectivity index (χ0n) is 15.9. The highest BCUT2D eigenvalue weighted by Gasteiger charge is 2.13. The molecule has 0 spiro atoms. The van der Waals surface area contributed by atoms with E-state index in [1.165, 1.54) is 30.3 Å². The topological polar surface area (TPSA) is 82.3 Å². The van der Waals surface area contributed by atoms with Gasteiger partial charge in [0.2, 0.25) is 0 Å². The van der Waals surface area contributed by atoms with Crippen LogP contribution in [0.3, 0.4) is 0 Å². The normalized spacial score (nSPS) is 11.0.